The Bertz CT molecular complexity index is 242. The summed E-state index contributed by atoms with van der Waals surface area (Å²) >= 11 is 0. The van der Waals surface area contributed by atoms with Gasteiger partial charge in [-0.05, 0) is 62.2 Å². The van der Waals surface area contributed by atoms with Crippen LogP contribution in [0.1, 0.15) is 59.8 Å². The van der Waals surface area contributed by atoms with Crippen LogP contribution in [0.3, 0.4) is 0 Å². The molecule has 2 rings (SSSR count). The molecular formula is C15H28O. The molecule has 0 aromatic heterocycles. The van der Waals surface area contributed by atoms with E-state index in [1.54, 1.807) is 0 Å². The van der Waals surface area contributed by atoms with Gasteiger partial charge in [0.2, 0.25) is 0 Å². The molecule has 2 unspecified atom stereocenters. The minimum absolute atomic E-state index is 0.384. The van der Waals surface area contributed by atoms with Crippen molar-refractivity contribution in [2.75, 3.05) is 0 Å². The summed E-state index contributed by atoms with van der Waals surface area (Å²) in [6.45, 7) is 9.19. The lowest BCUT2D eigenvalue weighted by Gasteiger charge is -2.50. The molecule has 1 nitrogen and oxygen atoms in total. The highest BCUT2D eigenvalue weighted by Crippen LogP contribution is 2.51. The molecule has 1 heteroatoms. The molecule has 2 saturated carbocycles. The van der Waals surface area contributed by atoms with Crippen molar-refractivity contribution in [2.45, 2.75) is 65.4 Å². The smallest absolute Gasteiger partial charge is 0.0622 e. The van der Waals surface area contributed by atoms with Crippen LogP contribution >= 0.6 is 0 Å². The fraction of sp³-hybridized carbons (Fsp3) is 1.00. The molecule has 16 heavy (non-hydrogen) atoms. The van der Waals surface area contributed by atoms with Gasteiger partial charge in [-0.15, -0.1) is 0 Å². The molecule has 0 aromatic rings. The highest BCUT2D eigenvalue weighted by molar-refractivity contribution is 4.95. The third kappa shape index (κ3) is 2.30. The summed E-state index contributed by atoms with van der Waals surface area (Å²) in [5, 5.41) is 10.3. The second-order valence-electron chi connectivity index (χ2n) is 7.03. The predicted octanol–water partition coefficient (Wildman–Crippen LogP) is 3.86. The number of hydrogen-bond acceptors (Lipinski definition) is 1. The summed E-state index contributed by atoms with van der Waals surface area (Å²) in [5.41, 5.74) is -0.384. The summed E-state index contributed by atoms with van der Waals surface area (Å²) in [4.78, 5) is 0. The Kier molecular flexibility index (Phi) is 3.36. The van der Waals surface area contributed by atoms with Crippen molar-refractivity contribution in [3.8, 4) is 0 Å². The second-order valence-corrected chi connectivity index (χ2v) is 7.03. The zero-order chi connectivity index (χ0) is 11.9. The molecule has 0 aromatic carbocycles. The Labute approximate surface area is 101 Å². The number of aliphatic hydroxyl groups is 1. The van der Waals surface area contributed by atoms with Crippen LogP contribution in [0, 0.1) is 29.6 Å². The molecule has 2 aliphatic rings. The van der Waals surface area contributed by atoms with Gasteiger partial charge in [0.25, 0.3) is 0 Å². The third-order valence-electron chi connectivity index (χ3n) is 5.33. The average Bonchev–Trinajstić information content (AvgIpc) is 2.15. The quantitative estimate of drug-likeness (QED) is 0.717. The van der Waals surface area contributed by atoms with Gasteiger partial charge in [0, 0.05) is 0 Å². The number of fused-ring (bicyclic) bond motifs is 1. The van der Waals surface area contributed by atoms with Crippen molar-refractivity contribution in [3.05, 3.63) is 0 Å². The van der Waals surface area contributed by atoms with Gasteiger partial charge < -0.3 is 5.11 Å². The average molecular weight is 224 g/mol. The van der Waals surface area contributed by atoms with Crippen LogP contribution in [0.4, 0.5) is 0 Å². The van der Waals surface area contributed by atoms with Crippen molar-refractivity contribution >= 4 is 0 Å². The molecule has 0 radical (unpaired) electrons. The summed E-state index contributed by atoms with van der Waals surface area (Å²) in [6.07, 6.45) is 6.11. The first-order valence-electron chi connectivity index (χ1n) is 7.13. The van der Waals surface area contributed by atoms with Gasteiger partial charge in [-0.3, -0.25) is 0 Å². The van der Waals surface area contributed by atoms with Crippen LogP contribution in [0.2, 0.25) is 0 Å². The standard InChI is InChI=1S/C15H28O/c1-10(2)12-6-5-11(3)13-7-8-15(4,16)9-14(12)13/h10-14,16H,5-9H2,1-4H3/t11-,12+,13?,14?,15-/m1/s1. The van der Waals surface area contributed by atoms with E-state index in [-0.39, 0.29) is 5.60 Å². The van der Waals surface area contributed by atoms with Crippen LogP contribution in [0.15, 0.2) is 0 Å². The van der Waals surface area contributed by atoms with Gasteiger partial charge in [0.1, 0.15) is 0 Å². The van der Waals surface area contributed by atoms with E-state index in [0.717, 1.165) is 42.4 Å². The van der Waals surface area contributed by atoms with Crippen LogP contribution in [0.25, 0.3) is 0 Å². The third-order valence-corrected chi connectivity index (χ3v) is 5.33. The van der Waals surface area contributed by atoms with Crippen molar-refractivity contribution in [1.29, 1.82) is 0 Å². The molecular weight excluding hydrogens is 196 g/mol. The van der Waals surface area contributed by atoms with Gasteiger partial charge in [-0.25, -0.2) is 0 Å². The maximum atomic E-state index is 10.3. The van der Waals surface area contributed by atoms with Crippen molar-refractivity contribution in [3.63, 3.8) is 0 Å². The summed E-state index contributed by atoms with van der Waals surface area (Å²) < 4.78 is 0. The molecule has 5 atom stereocenters. The molecule has 0 aliphatic heterocycles. The number of hydrogen-bond donors (Lipinski definition) is 1. The second kappa shape index (κ2) is 4.33. The molecule has 94 valence electrons. The lowest BCUT2D eigenvalue weighted by Crippen LogP contribution is -2.45. The predicted molar refractivity (Wildman–Crippen MR) is 68.2 cm³/mol. The number of rotatable bonds is 1. The normalized spacial score (nSPS) is 49.1. The molecule has 0 heterocycles. The zero-order valence-electron chi connectivity index (χ0n) is 11.4. The van der Waals surface area contributed by atoms with E-state index in [9.17, 15) is 5.11 Å². The molecule has 1 N–H and O–H groups in total. The SMILES string of the molecule is CC(C)[C@@H]1CC[C@@H](C)C2CC[C@@](C)(O)CC21. The molecule has 0 amide bonds. The van der Waals surface area contributed by atoms with Crippen LogP contribution in [0.5, 0.6) is 0 Å². The molecule has 0 bridgehead atoms. The molecule has 2 aliphatic carbocycles. The van der Waals surface area contributed by atoms with E-state index >= 15 is 0 Å². The maximum absolute atomic E-state index is 10.3. The first kappa shape index (κ1) is 12.4. The Morgan fingerprint density at radius 1 is 1.12 bits per heavy atom. The van der Waals surface area contributed by atoms with Gasteiger partial charge in [-0.1, -0.05) is 27.2 Å². The van der Waals surface area contributed by atoms with Crippen LogP contribution in [-0.4, -0.2) is 10.7 Å². The summed E-state index contributed by atoms with van der Waals surface area (Å²) in [5.74, 6) is 4.20. The highest BCUT2D eigenvalue weighted by atomic mass is 16.3. The minimum Gasteiger partial charge on any atom is -0.390 e. The Morgan fingerprint density at radius 2 is 1.81 bits per heavy atom. The Hall–Kier alpha value is -0.0400. The minimum atomic E-state index is -0.384. The zero-order valence-corrected chi connectivity index (χ0v) is 11.4. The largest absolute Gasteiger partial charge is 0.390 e. The van der Waals surface area contributed by atoms with Crippen LogP contribution < -0.4 is 0 Å². The van der Waals surface area contributed by atoms with E-state index in [1.807, 2.05) is 6.92 Å². The van der Waals surface area contributed by atoms with Gasteiger partial charge in [-0.2, -0.15) is 0 Å². The molecule has 2 fully saturated rings. The monoisotopic (exact) mass is 224 g/mol. The molecule has 0 spiro atoms. The summed E-state index contributed by atoms with van der Waals surface area (Å²) in [7, 11) is 0. The van der Waals surface area contributed by atoms with E-state index in [2.05, 4.69) is 20.8 Å². The van der Waals surface area contributed by atoms with E-state index < -0.39 is 0 Å². The Balaban J connectivity index is 2.15. The lowest BCUT2D eigenvalue weighted by atomic mass is 9.57. The fourth-order valence-corrected chi connectivity index (χ4v) is 4.34. The van der Waals surface area contributed by atoms with E-state index in [0.29, 0.717) is 0 Å². The lowest BCUT2D eigenvalue weighted by molar-refractivity contribution is -0.0711. The van der Waals surface area contributed by atoms with Crippen molar-refractivity contribution in [1.82, 2.24) is 0 Å². The highest BCUT2D eigenvalue weighted by Gasteiger charge is 2.45. The maximum Gasteiger partial charge on any atom is 0.0622 e. The van der Waals surface area contributed by atoms with E-state index in [1.165, 1.54) is 19.3 Å². The summed E-state index contributed by atoms with van der Waals surface area (Å²) in [6, 6.07) is 0. The van der Waals surface area contributed by atoms with Crippen molar-refractivity contribution in [2.24, 2.45) is 29.6 Å². The first-order chi connectivity index (χ1) is 7.41. The van der Waals surface area contributed by atoms with Crippen molar-refractivity contribution < 1.29 is 5.11 Å². The van der Waals surface area contributed by atoms with Gasteiger partial charge in [0.15, 0.2) is 0 Å². The van der Waals surface area contributed by atoms with Gasteiger partial charge in [0.05, 0.1) is 5.60 Å². The fourth-order valence-electron chi connectivity index (χ4n) is 4.34. The van der Waals surface area contributed by atoms with Gasteiger partial charge >= 0.3 is 0 Å². The molecule has 0 saturated heterocycles. The van der Waals surface area contributed by atoms with Crippen LogP contribution in [-0.2, 0) is 0 Å². The van der Waals surface area contributed by atoms with E-state index in [4.69, 9.17) is 0 Å². The topological polar surface area (TPSA) is 20.2 Å². The Morgan fingerprint density at radius 3 is 2.44 bits per heavy atom. The first-order valence-corrected chi connectivity index (χ1v) is 7.13.